The molecule has 3 heterocycles. The first kappa shape index (κ1) is 18.9. The van der Waals surface area contributed by atoms with Crippen LogP contribution >= 0.6 is 11.8 Å². The Kier molecular flexibility index (Phi) is 5.90. The summed E-state index contributed by atoms with van der Waals surface area (Å²) in [6.07, 6.45) is 2.90. The number of anilines is 1. The molecular formula is C21H25N3O3S. The summed E-state index contributed by atoms with van der Waals surface area (Å²) in [5.41, 5.74) is 1.72. The van der Waals surface area contributed by atoms with Crippen molar-refractivity contribution >= 4 is 23.4 Å². The van der Waals surface area contributed by atoms with Gasteiger partial charge in [-0.15, -0.1) is 0 Å². The van der Waals surface area contributed by atoms with Gasteiger partial charge in [-0.2, -0.15) is 11.8 Å². The molecule has 4 rings (SSSR count). The van der Waals surface area contributed by atoms with Gasteiger partial charge in [0.2, 0.25) is 5.88 Å². The van der Waals surface area contributed by atoms with Crippen LogP contribution in [-0.2, 0) is 0 Å². The second kappa shape index (κ2) is 8.73. The number of thioether (sulfide) groups is 1. The standard InChI is InChI=1S/C21H25N3O3S/c1-26-19-5-3-2-4-18(19)23-9-11-24(12-10-23)21(25)16-6-8-22-20(14-16)27-17-7-13-28-15-17/h2-6,8,14,17H,7,9-13,15H2,1H3/t17-/m1/s1. The monoisotopic (exact) mass is 399 g/mol. The lowest BCUT2D eigenvalue weighted by Crippen LogP contribution is -2.48. The molecule has 0 N–H and O–H groups in total. The Morgan fingerprint density at radius 2 is 2.00 bits per heavy atom. The van der Waals surface area contributed by atoms with Gasteiger partial charge < -0.3 is 19.3 Å². The molecular weight excluding hydrogens is 374 g/mol. The van der Waals surface area contributed by atoms with Crippen molar-refractivity contribution in [1.29, 1.82) is 0 Å². The molecule has 1 atom stereocenters. The average Bonchev–Trinajstić information content (AvgIpc) is 3.26. The molecule has 148 valence electrons. The summed E-state index contributed by atoms with van der Waals surface area (Å²) < 4.78 is 11.4. The fourth-order valence-electron chi connectivity index (χ4n) is 3.61. The molecule has 1 aromatic carbocycles. The van der Waals surface area contributed by atoms with Gasteiger partial charge in [0.1, 0.15) is 11.9 Å². The number of hydrogen-bond acceptors (Lipinski definition) is 6. The van der Waals surface area contributed by atoms with E-state index in [1.165, 1.54) is 0 Å². The van der Waals surface area contributed by atoms with Crippen LogP contribution in [0, 0.1) is 0 Å². The Morgan fingerprint density at radius 3 is 2.75 bits per heavy atom. The van der Waals surface area contributed by atoms with E-state index in [0.717, 1.165) is 42.5 Å². The zero-order chi connectivity index (χ0) is 19.3. The van der Waals surface area contributed by atoms with Crippen LogP contribution in [0.4, 0.5) is 5.69 Å². The van der Waals surface area contributed by atoms with Crippen LogP contribution in [0.1, 0.15) is 16.8 Å². The topological polar surface area (TPSA) is 54.9 Å². The van der Waals surface area contributed by atoms with Crippen molar-refractivity contribution in [2.75, 3.05) is 49.7 Å². The number of carbonyl (C=O) groups excluding carboxylic acids is 1. The smallest absolute Gasteiger partial charge is 0.254 e. The molecule has 0 aliphatic carbocycles. The molecule has 0 radical (unpaired) electrons. The van der Waals surface area contributed by atoms with E-state index in [4.69, 9.17) is 9.47 Å². The third-order valence-electron chi connectivity index (χ3n) is 5.15. The Hall–Kier alpha value is -2.41. The quantitative estimate of drug-likeness (QED) is 0.771. The maximum atomic E-state index is 13.0. The fraction of sp³-hybridized carbons (Fsp3) is 0.429. The van der Waals surface area contributed by atoms with Crippen molar-refractivity contribution in [2.24, 2.45) is 0 Å². The second-order valence-electron chi connectivity index (χ2n) is 6.94. The number of ether oxygens (including phenoxy) is 2. The minimum absolute atomic E-state index is 0.0349. The van der Waals surface area contributed by atoms with E-state index in [2.05, 4.69) is 16.0 Å². The van der Waals surface area contributed by atoms with Crippen molar-refractivity contribution in [3.05, 3.63) is 48.2 Å². The number of amides is 1. The highest BCUT2D eigenvalue weighted by atomic mass is 32.2. The molecule has 0 spiro atoms. The van der Waals surface area contributed by atoms with Crippen molar-refractivity contribution in [2.45, 2.75) is 12.5 Å². The van der Waals surface area contributed by atoms with Crippen LogP contribution in [-0.4, -0.2) is 66.7 Å². The molecule has 28 heavy (non-hydrogen) atoms. The van der Waals surface area contributed by atoms with E-state index in [1.54, 1.807) is 25.4 Å². The number of methoxy groups -OCH3 is 1. The summed E-state index contributed by atoms with van der Waals surface area (Å²) >= 11 is 1.89. The summed E-state index contributed by atoms with van der Waals surface area (Å²) in [5, 5.41) is 0. The fourth-order valence-corrected chi connectivity index (χ4v) is 4.70. The van der Waals surface area contributed by atoms with Gasteiger partial charge in [-0.05, 0) is 30.4 Å². The Morgan fingerprint density at radius 1 is 1.18 bits per heavy atom. The molecule has 6 nitrogen and oxygen atoms in total. The third kappa shape index (κ3) is 4.19. The highest BCUT2D eigenvalue weighted by molar-refractivity contribution is 7.99. The summed E-state index contributed by atoms with van der Waals surface area (Å²) in [6, 6.07) is 11.5. The number of para-hydroxylation sites is 2. The first-order chi connectivity index (χ1) is 13.7. The average molecular weight is 400 g/mol. The Bertz CT molecular complexity index is 818. The van der Waals surface area contributed by atoms with Crippen LogP contribution in [0.25, 0.3) is 0 Å². The minimum Gasteiger partial charge on any atom is -0.495 e. The second-order valence-corrected chi connectivity index (χ2v) is 8.09. The molecule has 2 saturated heterocycles. The van der Waals surface area contributed by atoms with Crippen LogP contribution in [0.3, 0.4) is 0 Å². The molecule has 0 unspecified atom stereocenters. The summed E-state index contributed by atoms with van der Waals surface area (Å²) in [6.45, 7) is 2.91. The molecule has 0 saturated carbocycles. The van der Waals surface area contributed by atoms with Crippen LogP contribution in [0.2, 0.25) is 0 Å². The molecule has 2 fully saturated rings. The third-order valence-corrected chi connectivity index (χ3v) is 6.28. The van der Waals surface area contributed by atoms with Gasteiger partial charge in [-0.3, -0.25) is 4.79 Å². The largest absolute Gasteiger partial charge is 0.495 e. The van der Waals surface area contributed by atoms with Gasteiger partial charge in [0.25, 0.3) is 5.91 Å². The summed E-state index contributed by atoms with van der Waals surface area (Å²) in [7, 11) is 1.69. The lowest BCUT2D eigenvalue weighted by atomic mass is 10.2. The van der Waals surface area contributed by atoms with Gasteiger partial charge in [-0.1, -0.05) is 12.1 Å². The maximum Gasteiger partial charge on any atom is 0.254 e. The highest BCUT2D eigenvalue weighted by Crippen LogP contribution is 2.28. The number of nitrogens with zero attached hydrogens (tertiary/aromatic N) is 3. The van der Waals surface area contributed by atoms with E-state index in [-0.39, 0.29) is 12.0 Å². The molecule has 1 aromatic heterocycles. The maximum absolute atomic E-state index is 13.0. The van der Waals surface area contributed by atoms with E-state index in [1.807, 2.05) is 34.9 Å². The summed E-state index contributed by atoms with van der Waals surface area (Å²) in [5.74, 6) is 3.56. The van der Waals surface area contributed by atoms with Gasteiger partial charge in [0, 0.05) is 49.8 Å². The molecule has 7 heteroatoms. The van der Waals surface area contributed by atoms with Crippen LogP contribution in [0.5, 0.6) is 11.6 Å². The van der Waals surface area contributed by atoms with Gasteiger partial charge in [-0.25, -0.2) is 4.98 Å². The molecule has 2 aromatic rings. The highest BCUT2D eigenvalue weighted by Gasteiger charge is 2.24. The molecule has 0 bridgehead atoms. The number of benzene rings is 1. The van der Waals surface area contributed by atoms with Crippen LogP contribution in [0.15, 0.2) is 42.6 Å². The molecule has 2 aliphatic heterocycles. The molecule has 2 aliphatic rings. The van der Waals surface area contributed by atoms with Crippen LogP contribution < -0.4 is 14.4 Å². The SMILES string of the molecule is COc1ccccc1N1CCN(C(=O)c2ccnc(O[C@@H]3CCSC3)c2)CC1. The van der Waals surface area contributed by atoms with E-state index in [9.17, 15) is 4.79 Å². The van der Waals surface area contributed by atoms with Gasteiger partial charge in [0.05, 0.1) is 12.8 Å². The number of carbonyl (C=O) groups is 1. The first-order valence-corrected chi connectivity index (χ1v) is 10.8. The Labute approximate surface area is 169 Å². The number of rotatable bonds is 5. The van der Waals surface area contributed by atoms with Gasteiger partial charge >= 0.3 is 0 Å². The molecule has 1 amide bonds. The number of piperazine rings is 1. The number of hydrogen-bond donors (Lipinski definition) is 0. The van der Waals surface area contributed by atoms with Crippen molar-refractivity contribution < 1.29 is 14.3 Å². The van der Waals surface area contributed by atoms with E-state index < -0.39 is 0 Å². The van der Waals surface area contributed by atoms with Crippen molar-refractivity contribution in [1.82, 2.24) is 9.88 Å². The normalized spacial score (nSPS) is 19.5. The predicted molar refractivity (Wildman–Crippen MR) is 112 cm³/mol. The minimum atomic E-state index is 0.0349. The summed E-state index contributed by atoms with van der Waals surface area (Å²) in [4.78, 5) is 21.4. The van der Waals surface area contributed by atoms with Gasteiger partial charge in [0.15, 0.2) is 0 Å². The predicted octanol–water partition coefficient (Wildman–Crippen LogP) is 2.94. The lowest BCUT2D eigenvalue weighted by molar-refractivity contribution is 0.0745. The Balaban J connectivity index is 1.38. The first-order valence-electron chi connectivity index (χ1n) is 9.62. The van der Waals surface area contributed by atoms with E-state index >= 15 is 0 Å². The van der Waals surface area contributed by atoms with Crippen molar-refractivity contribution in [3.63, 3.8) is 0 Å². The van der Waals surface area contributed by atoms with E-state index in [0.29, 0.717) is 24.5 Å². The zero-order valence-electron chi connectivity index (χ0n) is 16.0. The number of pyridine rings is 1. The lowest BCUT2D eigenvalue weighted by Gasteiger charge is -2.36. The zero-order valence-corrected chi connectivity index (χ0v) is 16.9. The number of aromatic nitrogens is 1. The van der Waals surface area contributed by atoms with Crippen molar-refractivity contribution in [3.8, 4) is 11.6 Å².